The van der Waals surface area contributed by atoms with Gasteiger partial charge in [-0.1, -0.05) is 36.4 Å². The Balaban J connectivity index is 1.59. The molecule has 0 spiro atoms. The highest BCUT2D eigenvalue weighted by Crippen LogP contribution is 2.31. The number of aromatic amines is 1. The third-order valence-electron chi connectivity index (χ3n) is 4.40. The van der Waals surface area contributed by atoms with Crippen molar-refractivity contribution in [2.75, 3.05) is 0 Å². The van der Waals surface area contributed by atoms with Crippen LogP contribution in [0.5, 0.6) is 0 Å². The number of hydrogen-bond donors (Lipinski definition) is 3. The van der Waals surface area contributed by atoms with Crippen LogP contribution in [0.4, 0.5) is 0 Å². The Morgan fingerprint density at radius 1 is 1.10 bits per heavy atom. The second-order valence-electron chi connectivity index (χ2n) is 5.68. The number of rotatable bonds is 3. The molecular weight excluding hydrogens is 260 g/mol. The fourth-order valence-electron chi connectivity index (χ4n) is 3.34. The van der Waals surface area contributed by atoms with Gasteiger partial charge in [0.1, 0.15) is 0 Å². The summed E-state index contributed by atoms with van der Waals surface area (Å²) in [6.07, 6.45) is 2.36. The van der Waals surface area contributed by atoms with Gasteiger partial charge in [0.25, 0.3) is 0 Å². The van der Waals surface area contributed by atoms with Gasteiger partial charge in [-0.3, -0.25) is 0 Å². The first-order chi connectivity index (χ1) is 10.3. The summed E-state index contributed by atoms with van der Waals surface area (Å²) in [7, 11) is 0. The summed E-state index contributed by atoms with van der Waals surface area (Å²) in [5.74, 6) is 0. The van der Waals surface area contributed by atoms with Crippen molar-refractivity contribution in [2.45, 2.75) is 25.1 Å². The van der Waals surface area contributed by atoms with Crippen LogP contribution in [0, 0.1) is 0 Å². The number of aromatic nitrogens is 1. The standard InChI is InChI=1S/C18H18N2O/c21-17-10-12-4-1-2-6-15(12)18(17)20-11-13-5-3-7-16-14(13)8-9-19-16/h1-9,17-21H,10-11H2/t17-,18+/m0/s1. The van der Waals surface area contributed by atoms with Crippen LogP contribution in [0.25, 0.3) is 10.9 Å². The van der Waals surface area contributed by atoms with Crippen molar-refractivity contribution < 1.29 is 5.11 Å². The minimum absolute atomic E-state index is 0.0235. The number of aliphatic hydroxyl groups excluding tert-OH is 1. The molecule has 0 unspecified atom stereocenters. The number of benzene rings is 2. The highest BCUT2D eigenvalue weighted by atomic mass is 16.3. The fourth-order valence-corrected chi connectivity index (χ4v) is 3.34. The average molecular weight is 278 g/mol. The van der Waals surface area contributed by atoms with Crippen LogP contribution >= 0.6 is 0 Å². The molecule has 0 fully saturated rings. The summed E-state index contributed by atoms with van der Waals surface area (Å²) >= 11 is 0. The molecule has 1 aliphatic carbocycles. The van der Waals surface area contributed by atoms with E-state index in [9.17, 15) is 5.11 Å². The molecule has 2 atom stereocenters. The van der Waals surface area contributed by atoms with E-state index in [0.29, 0.717) is 0 Å². The van der Waals surface area contributed by atoms with Gasteiger partial charge in [0.2, 0.25) is 0 Å². The van der Waals surface area contributed by atoms with Crippen LogP contribution < -0.4 is 5.32 Å². The first kappa shape index (κ1) is 12.6. The molecule has 0 saturated heterocycles. The molecule has 0 radical (unpaired) electrons. The summed E-state index contributed by atoms with van der Waals surface area (Å²) in [5.41, 5.74) is 4.89. The third kappa shape index (κ3) is 2.15. The van der Waals surface area contributed by atoms with Crippen molar-refractivity contribution in [2.24, 2.45) is 0 Å². The molecule has 3 N–H and O–H groups in total. The molecule has 1 aromatic heterocycles. The van der Waals surface area contributed by atoms with Crippen molar-refractivity contribution in [1.82, 2.24) is 10.3 Å². The quantitative estimate of drug-likeness (QED) is 0.690. The molecule has 3 nitrogen and oxygen atoms in total. The summed E-state index contributed by atoms with van der Waals surface area (Å²) in [4.78, 5) is 3.24. The number of fused-ring (bicyclic) bond motifs is 2. The zero-order valence-corrected chi connectivity index (χ0v) is 11.7. The van der Waals surface area contributed by atoms with Crippen molar-refractivity contribution in [1.29, 1.82) is 0 Å². The molecule has 1 heterocycles. The maximum absolute atomic E-state index is 10.3. The zero-order chi connectivity index (χ0) is 14.2. The van der Waals surface area contributed by atoms with Gasteiger partial charge >= 0.3 is 0 Å². The van der Waals surface area contributed by atoms with Gasteiger partial charge < -0.3 is 15.4 Å². The van der Waals surface area contributed by atoms with E-state index < -0.39 is 0 Å². The second kappa shape index (κ2) is 5.02. The van der Waals surface area contributed by atoms with E-state index in [1.54, 1.807) is 0 Å². The van der Waals surface area contributed by atoms with E-state index in [0.717, 1.165) is 18.5 Å². The number of aliphatic hydroxyl groups is 1. The Kier molecular flexibility index (Phi) is 3.02. The Morgan fingerprint density at radius 3 is 2.95 bits per heavy atom. The monoisotopic (exact) mass is 278 g/mol. The van der Waals surface area contributed by atoms with Gasteiger partial charge in [-0.15, -0.1) is 0 Å². The molecule has 0 bridgehead atoms. The first-order valence-electron chi connectivity index (χ1n) is 7.37. The molecule has 0 saturated carbocycles. The Morgan fingerprint density at radius 2 is 2.00 bits per heavy atom. The van der Waals surface area contributed by atoms with Gasteiger partial charge in [-0.2, -0.15) is 0 Å². The minimum Gasteiger partial charge on any atom is -0.391 e. The van der Waals surface area contributed by atoms with E-state index in [4.69, 9.17) is 0 Å². The van der Waals surface area contributed by atoms with Crippen molar-refractivity contribution >= 4 is 10.9 Å². The van der Waals surface area contributed by atoms with Gasteiger partial charge in [0.05, 0.1) is 12.1 Å². The van der Waals surface area contributed by atoms with Crippen LogP contribution in [0.3, 0.4) is 0 Å². The lowest BCUT2D eigenvalue weighted by atomic mass is 10.1. The normalized spacial score (nSPS) is 20.8. The maximum atomic E-state index is 10.3. The molecule has 1 aliphatic rings. The van der Waals surface area contributed by atoms with Gasteiger partial charge in [-0.25, -0.2) is 0 Å². The number of H-pyrrole nitrogens is 1. The smallest absolute Gasteiger partial charge is 0.0775 e. The molecule has 3 heteroatoms. The van der Waals surface area contributed by atoms with Crippen LogP contribution in [0.2, 0.25) is 0 Å². The van der Waals surface area contributed by atoms with Crippen LogP contribution in [-0.4, -0.2) is 16.2 Å². The minimum atomic E-state index is -0.340. The average Bonchev–Trinajstić information content (AvgIpc) is 3.09. The van der Waals surface area contributed by atoms with E-state index >= 15 is 0 Å². The van der Waals surface area contributed by atoms with E-state index in [2.05, 4.69) is 46.7 Å². The molecule has 21 heavy (non-hydrogen) atoms. The van der Waals surface area contributed by atoms with Gasteiger partial charge in [0, 0.05) is 30.1 Å². The SMILES string of the molecule is O[C@H]1Cc2ccccc2[C@H]1NCc1cccc2[nH]ccc12. The van der Waals surface area contributed by atoms with Crippen LogP contribution in [0.15, 0.2) is 54.7 Å². The van der Waals surface area contributed by atoms with Crippen LogP contribution in [0.1, 0.15) is 22.7 Å². The zero-order valence-electron chi connectivity index (χ0n) is 11.7. The van der Waals surface area contributed by atoms with Crippen molar-refractivity contribution in [3.8, 4) is 0 Å². The molecular formula is C18H18N2O. The molecule has 0 aliphatic heterocycles. The van der Waals surface area contributed by atoms with Crippen molar-refractivity contribution in [3.63, 3.8) is 0 Å². The van der Waals surface area contributed by atoms with Crippen LogP contribution in [-0.2, 0) is 13.0 Å². The predicted molar refractivity (Wildman–Crippen MR) is 84.0 cm³/mol. The van der Waals surface area contributed by atoms with E-state index in [1.807, 2.05) is 18.3 Å². The largest absolute Gasteiger partial charge is 0.391 e. The Bertz CT molecular complexity index is 777. The Hall–Kier alpha value is -2.10. The highest BCUT2D eigenvalue weighted by molar-refractivity contribution is 5.82. The lowest BCUT2D eigenvalue weighted by molar-refractivity contribution is 0.141. The molecule has 106 valence electrons. The molecule has 3 aromatic rings. The molecule has 2 aromatic carbocycles. The molecule has 0 amide bonds. The third-order valence-corrected chi connectivity index (χ3v) is 4.40. The topological polar surface area (TPSA) is 48.0 Å². The Labute approximate surface area is 123 Å². The predicted octanol–water partition coefficient (Wildman–Crippen LogP) is 2.92. The number of nitrogens with one attached hydrogen (secondary N) is 2. The van der Waals surface area contributed by atoms with E-state index in [-0.39, 0.29) is 12.1 Å². The summed E-state index contributed by atoms with van der Waals surface area (Å²) in [6.45, 7) is 0.755. The summed E-state index contributed by atoms with van der Waals surface area (Å²) < 4.78 is 0. The molecule has 4 rings (SSSR count). The lowest BCUT2D eigenvalue weighted by Crippen LogP contribution is -2.28. The maximum Gasteiger partial charge on any atom is 0.0775 e. The lowest BCUT2D eigenvalue weighted by Gasteiger charge is -2.18. The highest BCUT2D eigenvalue weighted by Gasteiger charge is 2.30. The fraction of sp³-hybridized carbons (Fsp3) is 0.222. The van der Waals surface area contributed by atoms with Gasteiger partial charge in [-0.05, 0) is 28.8 Å². The van der Waals surface area contributed by atoms with Gasteiger partial charge in [0.15, 0.2) is 0 Å². The van der Waals surface area contributed by atoms with Crippen molar-refractivity contribution in [3.05, 3.63) is 71.4 Å². The number of hydrogen-bond acceptors (Lipinski definition) is 2. The summed E-state index contributed by atoms with van der Waals surface area (Å²) in [6, 6.07) is 16.7. The summed E-state index contributed by atoms with van der Waals surface area (Å²) in [5, 5.41) is 15.1. The van der Waals surface area contributed by atoms with E-state index in [1.165, 1.54) is 22.1 Å². The first-order valence-corrected chi connectivity index (χ1v) is 7.37. The second-order valence-corrected chi connectivity index (χ2v) is 5.68.